The predicted octanol–water partition coefficient (Wildman–Crippen LogP) is 0.626. The van der Waals surface area contributed by atoms with Gasteiger partial charge in [0.2, 0.25) is 5.76 Å². The molecular weight excluding hydrogens is 148 g/mol. The summed E-state index contributed by atoms with van der Waals surface area (Å²) in [5.74, 6) is -1.27. The van der Waals surface area contributed by atoms with Crippen LogP contribution in [0.5, 0.6) is 0 Å². The third-order valence-corrected chi connectivity index (χ3v) is 0.902. The van der Waals surface area contributed by atoms with E-state index in [0.717, 1.165) is 0 Å². The molecule has 0 fully saturated rings. The van der Waals surface area contributed by atoms with Crippen LogP contribution in [0, 0.1) is 0 Å². The van der Waals surface area contributed by atoms with Gasteiger partial charge in [-0.3, -0.25) is 4.79 Å². The Bertz CT molecular complexity index is 193. The highest BCUT2D eigenvalue weighted by Gasteiger charge is 2.11. The van der Waals surface area contributed by atoms with E-state index in [1.54, 1.807) is 6.92 Å². The summed E-state index contributed by atoms with van der Waals surface area (Å²) >= 11 is 0. The maximum Gasteiger partial charge on any atom is 0.373 e. The third kappa shape index (κ3) is 3.40. The highest BCUT2D eigenvalue weighted by atomic mass is 16.6. The van der Waals surface area contributed by atoms with E-state index in [4.69, 9.17) is 0 Å². The number of rotatable bonds is 2. The van der Waals surface area contributed by atoms with Crippen molar-refractivity contribution in [2.24, 2.45) is 0 Å². The van der Waals surface area contributed by atoms with Gasteiger partial charge in [-0.1, -0.05) is 0 Å². The summed E-state index contributed by atoms with van der Waals surface area (Å²) in [5.41, 5.74) is 0. The number of hydrogen-bond acceptors (Lipinski definition) is 4. The van der Waals surface area contributed by atoms with Gasteiger partial charge < -0.3 is 9.47 Å². The second-order valence-electron chi connectivity index (χ2n) is 1.74. The second-order valence-corrected chi connectivity index (χ2v) is 1.74. The van der Waals surface area contributed by atoms with Crippen LogP contribution in [0.15, 0.2) is 11.8 Å². The quantitative estimate of drug-likeness (QED) is 0.336. The van der Waals surface area contributed by atoms with E-state index in [1.165, 1.54) is 20.1 Å². The molecule has 0 heterocycles. The molecule has 0 N–H and O–H groups in total. The van der Waals surface area contributed by atoms with Crippen molar-refractivity contribution < 1.29 is 19.1 Å². The monoisotopic (exact) mass is 158 g/mol. The number of hydrogen-bond donors (Lipinski definition) is 0. The summed E-state index contributed by atoms with van der Waals surface area (Å²) in [6.07, 6.45) is 1.37. The van der Waals surface area contributed by atoms with Crippen LogP contribution in [0.3, 0.4) is 0 Å². The largest absolute Gasteiger partial charge is 0.463 e. The lowest BCUT2D eigenvalue weighted by Gasteiger charge is -2.02. The second kappa shape index (κ2) is 4.49. The lowest BCUT2D eigenvalue weighted by atomic mass is 10.5. The van der Waals surface area contributed by atoms with Crippen LogP contribution in [0.1, 0.15) is 13.8 Å². The first-order chi connectivity index (χ1) is 5.11. The van der Waals surface area contributed by atoms with Gasteiger partial charge in [-0.15, -0.1) is 0 Å². The highest BCUT2D eigenvalue weighted by Crippen LogP contribution is 1.99. The summed E-state index contributed by atoms with van der Waals surface area (Å²) in [6.45, 7) is 2.79. The molecule has 4 heteroatoms. The Labute approximate surface area is 64.8 Å². The minimum atomic E-state index is -0.650. The molecule has 0 rings (SSSR count). The first kappa shape index (κ1) is 9.68. The van der Waals surface area contributed by atoms with Gasteiger partial charge in [-0.2, -0.15) is 0 Å². The van der Waals surface area contributed by atoms with Crippen molar-refractivity contribution in [3.8, 4) is 0 Å². The van der Waals surface area contributed by atoms with E-state index in [2.05, 4.69) is 9.47 Å². The summed E-state index contributed by atoms with van der Waals surface area (Å²) < 4.78 is 8.82. The van der Waals surface area contributed by atoms with Crippen molar-refractivity contribution in [3.63, 3.8) is 0 Å². The molecule has 0 unspecified atom stereocenters. The number of carbonyl (C=O) groups excluding carboxylic acids is 2. The summed E-state index contributed by atoms with van der Waals surface area (Å²) in [7, 11) is 1.22. The van der Waals surface area contributed by atoms with Crippen molar-refractivity contribution >= 4 is 11.9 Å². The molecule has 0 aromatic rings. The molecule has 0 saturated heterocycles. The molecule has 0 atom stereocenters. The van der Waals surface area contributed by atoms with E-state index in [9.17, 15) is 9.59 Å². The highest BCUT2D eigenvalue weighted by molar-refractivity contribution is 5.88. The first-order valence-corrected chi connectivity index (χ1v) is 3.04. The maximum atomic E-state index is 10.7. The van der Waals surface area contributed by atoms with E-state index in [0.29, 0.717) is 0 Å². The maximum absolute atomic E-state index is 10.7. The Hall–Kier alpha value is -1.32. The Kier molecular flexibility index (Phi) is 3.95. The molecule has 0 bridgehead atoms. The molecule has 0 amide bonds. The van der Waals surface area contributed by atoms with Crippen LogP contribution >= 0.6 is 0 Å². The van der Waals surface area contributed by atoms with Gasteiger partial charge in [0.05, 0.1) is 7.11 Å². The van der Waals surface area contributed by atoms with Crippen molar-refractivity contribution in [3.05, 3.63) is 11.8 Å². The fourth-order valence-electron chi connectivity index (χ4n) is 0.474. The molecule has 62 valence electrons. The molecule has 11 heavy (non-hydrogen) atoms. The van der Waals surface area contributed by atoms with Crippen LogP contribution in [-0.4, -0.2) is 19.0 Å². The van der Waals surface area contributed by atoms with Gasteiger partial charge in [0.15, 0.2) is 0 Å². The molecule has 0 aliphatic rings. The molecule has 0 aliphatic heterocycles. The Morgan fingerprint density at radius 3 is 2.18 bits per heavy atom. The smallest absolute Gasteiger partial charge is 0.373 e. The number of ether oxygens (including phenoxy) is 2. The van der Waals surface area contributed by atoms with Crippen LogP contribution in [-0.2, 0) is 19.1 Å². The molecule has 0 radical (unpaired) electrons. The number of methoxy groups -OCH3 is 1. The fraction of sp³-hybridized carbons (Fsp3) is 0.429. The number of esters is 2. The van der Waals surface area contributed by atoms with Gasteiger partial charge in [0.1, 0.15) is 0 Å². The van der Waals surface area contributed by atoms with Crippen LogP contribution in [0.25, 0.3) is 0 Å². The van der Waals surface area contributed by atoms with Crippen molar-refractivity contribution in [2.75, 3.05) is 7.11 Å². The predicted molar refractivity (Wildman–Crippen MR) is 37.5 cm³/mol. The zero-order chi connectivity index (χ0) is 8.85. The Morgan fingerprint density at radius 1 is 1.36 bits per heavy atom. The van der Waals surface area contributed by atoms with Crippen molar-refractivity contribution in [2.45, 2.75) is 13.8 Å². The standard InChI is InChI=1S/C7H10O4/c1-4-6(7(9)10-3)11-5(2)8/h4H,1-3H3/b6-4-. The van der Waals surface area contributed by atoms with E-state index in [1.807, 2.05) is 0 Å². The number of allylic oxidation sites excluding steroid dienone is 1. The lowest BCUT2D eigenvalue weighted by Crippen LogP contribution is -2.10. The van der Waals surface area contributed by atoms with Gasteiger partial charge in [-0.05, 0) is 13.0 Å². The molecule has 0 aromatic heterocycles. The SMILES string of the molecule is C/C=C(\OC(C)=O)C(=O)OC. The molecule has 0 spiro atoms. The minimum Gasteiger partial charge on any atom is -0.463 e. The van der Waals surface area contributed by atoms with Gasteiger partial charge in [0, 0.05) is 6.92 Å². The zero-order valence-electron chi connectivity index (χ0n) is 6.71. The van der Waals surface area contributed by atoms with E-state index >= 15 is 0 Å². The van der Waals surface area contributed by atoms with Crippen LogP contribution in [0.4, 0.5) is 0 Å². The van der Waals surface area contributed by atoms with Gasteiger partial charge in [0.25, 0.3) is 0 Å². The lowest BCUT2D eigenvalue weighted by molar-refractivity contribution is -0.148. The van der Waals surface area contributed by atoms with Gasteiger partial charge >= 0.3 is 11.9 Å². The average molecular weight is 158 g/mol. The molecular formula is C7H10O4. The average Bonchev–Trinajstić information content (AvgIpc) is 1.98. The molecule has 0 aromatic carbocycles. The Morgan fingerprint density at radius 2 is 1.91 bits per heavy atom. The van der Waals surface area contributed by atoms with E-state index < -0.39 is 11.9 Å². The topological polar surface area (TPSA) is 52.6 Å². The molecule has 0 saturated carbocycles. The van der Waals surface area contributed by atoms with Crippen LogP contribution in [0.2, 0.25) is 0 Å². The third-order valence-electron chi connectivity index (χ3n) is 0.902. The molecule has 0 aliphatic carbocycles. The minimum absolute atomic E-state index is 0.0833. The summed E-state index contributed by atoms with van der Waals surface area (Å²) in [4.78, 5) is 21.1. The Balaban J connectivity index is 4.20. The molecule has 4 nitrogen and oxygen atoms in total. The van der Waals surface area contributed by atoms with Gasteiger partial charge in [-0.25, -0.2) is 4.79 Å². The zero-order valence-corrected chi connectivity index (χ0v) is 6.71. The van der Waals surface area contributed by atoms with Crippen LogP contribution < -0.4 is 0 Å². The normalized spacial score (nSPS) is 10.6. The summed E-state index contributed by atoms with van der Waals surface area (Å²) in [5, 5.41) is 0. The fourth-order valence-corrected chi connectivity index (χ4v) is 0.474. The summed E-state index contributed by atoms with van der Waals surface area (Å²) in [6, 6.07) is 0. The number of carbonyl (C=O) groups is 2. The van der Waals surface area contributed by atoms with Crippen molar-refractivity contribution in [1.29, 1.82) is 0 Å². The van der Waals surface area contributed by atoms with Crippen molar-refractivity contribution in [1.82, 2.24) is 0 Å². The van der Waals surface area contributed by atoms with E-state index in [-0.39, 0.29) is 5.76 Å². The first-order valence-electron chi connectivity index (χ1n) is 3.04.